The molecule has 0 aliphatic rings. The molecule has 0 heterocycles. The van der Waals surface area contributed by atoms with Gasteiger partial charge < -0.3 is 0 Å². The molecule has 0 radical (unpaired) electrons. The van der Waals surface area contributed by atoms with Crippen molar-refractivity contribution in [3.05, 3.63) is 267 Å². The van der Waals surface area contributed by atoms with E-state index in [0.29, 0.717) is 0 Å². The monoisotopic (exact) mass is 836 g/mol. The predicted octanol–water partition coefficient (Wildman–Crippen LogP) is 18.5. The third kappa shape index (κ3) is 6.79. The van der Waals surface area contributed by atoms with Crippen molar-refractivity contribution in [1.82, 2.24) is 0 Å². The van der Waals surface area contributed by atoms with Crippen molar-refractivity contribution in [3.8, 4) is 89.0 Å². The van der Waals surface area contributed by atoms with Gasteiger partial charge in [-0.15, -0.1) is 0 Å². The molecule has 0 saturated carbocycles. The van der Waals surface area contributed by atoms with Crippen LogP contribution in [0, 0.1) is 0 Å². The van der Waals surface area contributed by atoms with Gasteiger partial charge in [0.25, 0.3) is 0 Å². The molecule has 0 bridgehead atoms. The van der Waals surface area contributed by atoms with Crippen molar-refractivity contribution in [3.63, 3.8) is 0 Å². The lowest BCUT2D eigenvalue weighted by Crippen LogP contribution is -1.98. The van der Waals surface area contributed by atoms with Crippen molar-refractivity contribution in [2.24, 2.45) is 0 Å². The largest absolute Gasteiger partial charge is 0.0622 e. The van der Waals surface area contributed by atoms with Gasteiger partial charge in [-0.25, -0.2) is 0 Å². The molecule has 0 N–H and O–H groups in total. The Morgan fingerprint density at radius 3 is 0.591 bits per heavy atom. The van der Waals surface area contributed by atoms with Crippen LogP contribution in [0.15, 0.2) is 267 Å². The summed E-state index contributed by atoms with van der Waals surface area (Å²) in [4.78, 5) is 0. The molecule has 0 aromatic heterocycles. The summed E-state index contributed by atoms with van der Waals surface area (Å²) in [5.74, 6) is 0. The molecular formula is C66H44. The molecule has 0 aliphatic carbocycles. The molecule has 66 heavy (non-hydrogen) atoms. The van der Waals surface area contributed by atoms with Crippen LogP contribution in [0.25, 0.3) is 121 Å². The average molecular weight is 837 g/mol. The van der Waals surface area contributed by atoms with Crippen molar-refractivity contribution >= 4 is 32.3 Å². The van der Waals surface area contributed by atoms with E-state index >= 15 is 0 Å². The van der Waals surface area contributed by atoms with Crippen LogP contribution in [0.1, 0.15) is 0 Å². The molecule has 12 rings (SSSR count). The summed E-state index contributed by atoms with van der Waals surface area (Å²) in [5, 5.41) is 7.43. The maximum Gasteiger partial charge on any atom is -0.000139 e. The summed E-state index contributed by atoms with van der Waals surface area (Å²) in [6.45, 7) is 0. The number of benzene rings is 12. The van der Waals surface area contributed by atoms with E-state index in [0.717, 1.165) is 0 Å². The van der Waals surface area contributed by atoms with Crippen molar-refractivity contribution in [2.45, 2.75) is 0 Å². The highest BCUT2D eigenvalue weighted by molar-refractivity contribution is 6.33. The minimum absolute atomic E-state index is 1.18. The Morgan fingerprint density at radius 1 is 0.136 bits per heavy atom. The third-order valence-corrected chi connectivity index (χ3v) is 13.3. The lowest BCUT2D eigenvalue weighted by atomic mass is 9.77. The Hall–Kier alpha value is -8.58. The van der Waals surface area contributed by atoms with E-state index in [1.165, 1.54) is 121 Å². The Kier molecular flexibility index (Phi) is 9.97. The van der Waals surface area contributed by atoms with Crippen LogP contribution in [0.4, 0.5) is 0 Å². The minimum atomic E-state index is 1.18. The van der Waals surface area contributed by atoms with Crippen LogP contribution in [-0.2, 0) is 0 Å². The fourth-order valence-electron chi connectivity index (χ4n) is 10.4. The van der Waals surface area contributed by atoms with Crippen LogP contribution in [-0.4, -0.2) is 0 Å². The summed E-state index contributed by atoms with van der Waals surface area (Å²) < 4.78 is 0. The highest BCUT2D eigenvalue weighted by Gasteiger charge is 2.26. The Balaban J connectivity index is 1.18. The van der Waals surface area contributed by atoms with Crippen LogP contribution in [0.3, 0.4) is 0 Å². The SMILES string of the molecule is c1ccc(-c2ccccc2-c2ccc(-c3c4ccccc4c(-c4ccc(-c5ccccc5-c5ccccc5)cc4)c4c(-c5ccccc5)c5ccccc5c(-c5ccccc5)c34)cc2)cc1. The quantitative estimate of drug-likeness (QED) is 0.134. The lowest BCUT2D eigenvalue weighted by molar-refractivity contribution is 1.57. The van der Waals surface area contributed by atoms with Gasteiger partial charge in [-0.3, -0.25) is 0 Å². The molecule has 0 nitrogen and oxygen atoms in total. The zero-order valence-corrected chi connectivity index (χ0v) is 36.4. The standard InChI is InChI=1S/C66H44/c1-5-21-45(22-6-1)53-29-13-15-31-55(53)47-37-41-51(42-38-47)63-59-35-19-20-36-60(59)64(52-43-39-48(40-44-52)56-32-16-14-30-54(56)46-23-7-2-8-24-46)66-62(50-27-11-4-12-28-50)58-34-18-17-33-57(58)61(65(63)66)49-25-9-3-10-26-49/h1-44H. The highest BCUT2D eigenvalue weighted by atomic mass is 14.3. The van der Waals surface area contributed by atoms with Gasteiger partial charge in [-0.1, -0.05) is 267 Å². The molecule has 12 aromatic carbocycles. The number of rotatable bonds is 8. The van der Waals surface area contributed by atoms with Gasteiger partial charge in [-0.05, 0) is 121 Å². The first-order valence-electron chi connectivity index (χ1n) is 22.8. The van der Waals surface area contributed by atoms with Gasteiger partial charge in [0.2, 0.25) is 0 Å². The maximum absolute atomic E-state index is 2.35. The fourth-order valence-corrected chi connectivity index (χ4v) is 10.4. The van der Waals surface area contributed by atoms with E-state index in [9.17, 15) is 0 Å². The van der Waals surface area contributed by atoms with Gasteiger partial charge >= 0.3 is 0 Å². The summed E-state index contributed by atoms with van der Waals surface area (Å²) in [7, 11) is 0. The Morgan fingerprint density at radius 2 is 0.318 bits per heavy atom. The van der Waals surface area contributed by atoms with Crippen molar-refractivity contribution in [1.29, 1.82) is 0 Å². The van der Waals surface area contributed by atoms with Gasteiger partial charge in [0.1, 0.15) is 0 Å². The lowest BCUT2D eigenvalue weighted by Gasteiger charge is -2.25. The number of fused-ring (bicyclic) bond motifs is 3. The normalized spacial score (nSPS) is 11.3. The van der Waals surface area contributed by atoms with Gasteiger partial charge in [0.15, 0.2) is 0 Å². The predicted molar refractivity (Wildman–Crippen MR) is 282 cm³/mol. The summed E-state index contributed by atoms with van der Waals surface area (Å²) >= 11 is 0. The summed E-state index contributed by atoms with van der Waals surface area (Å²) in [6, 6.07) is 97.8. The van der Waals surface area contributed by atoms with Crippen LogP contribution in [0.2, 0.25) is 0 Å². The van der Waals surface area contributed by atoms with E-state index < -0.39 is 0 Å². The molecular weight excluding hydrogens is 793 g/mol. The van der Waals surface area contributed by atoms with Crippen molar-refractivity contribution < 1.29 is 0 Å². The molecule has 0 unspecified atom stereocenters. The van der Waals surface area contributed by atoms with E-state index in [2.05, 4.69) is 267 Å². The second-order valence-electron chi connectivity index (χ2n) is 17.1. The molecule has 0 fully saturated rings. The van der Waals surface area contributed by atoms with Gasteiger partial charge in [0.05, 0.1) is 0 Å². The molecule has 0 atom stereocenters. The van der Waals surface area contributed by atoms with Gasteiger partial charge in [0, 0.05) is 0 Å². The number of hydrogen-bond acceptors (Lipinski definition) is 0. The molecule has 0 amide bonds. The highest BCUT2D eigenvalue weighted by Crippen LogP contribution is 2.54. The minimum Gasteiger partial charge on any atom is -0.0622 e. The van der Waals surface area contributed by atoms with E-state index in [1.807, 2.05) is 0 Å². The average Bonchev–Trinajstić information content (AvgIpc) is 3.40. The van der Waals surface area contributed by atoms with Gasteiger partial charge in [-0.2, -0.15) is 0 Å². The van der Waals surface area contributed by atoms with Crippen molar-refractivity contribution in [2.75, 3.05) is 0 Å². The molecule has 308 valence electrons. The first-order chi connectivity index (χ1) is 32.8. The first-order valence-corrected chi connectivity index (χ1v) is 22.8. The topological polar surface area (TPSA) is 0 Å². The van der Waals surface area contributed by atoms with E-state index in [-0.39, 0.29) is 0 Å². The molecule has 12 aromatic rings. The summed E-state index contributed by atoms with van der Waals surface area (Å²) in [5.41, 5.74) is 19.4. The van der Waals surface area contributed by atoms with E-state index in [4.69, 9.17) is 0 Å². The Labute approximate surface area is 386 Å². The second-order valence-corrected chi connectivity index (χ2v) is 17.1. The fraction of sp³-hybridized carbons (Fsp3) is 0. The Bertz CT molecular complexity index is 3440. The first kappa shape index (κ1) is 39.0. The smallest absolute Gasteiger partial charge is 0.000139 e. The molecule has 0 heteroatoms. The number of hydrogen-bond donors (Lipinski definition) is 0. The van der Waals surface area contributed by atoms with Crippen LogP contribution in [0.5, 0.6) is 0 Å². The summed E-state index contributed by atoms with van der Waals surface area (Å²) in [6.07, 6.45) is 0. The third-order valence-electron chi connectivity index (χ3n) is 13.3. The molecule has 0 aliphatic heterocycles. The maximum atomic E-state index is 2.35. The van der Waals surface area contributed by atoms with Crippen LogP contribution >= 0.6 is 0 Å². The molecule has 0 saturated heterocycles. The zero-order valence-electron chi connectivity index (χ0n) is 36.4. The molecule has 0 spiro atoms. The van der Waals surface area contributed by atoms with E-state index in [1.54, 1.807) is 0 Å². The second kappa shape index (κ2) is 16.8. The zero-order chi connectivity index (χ0) is 43.8. The van der Waals surface area contributed by atoms with Crippen LogP contribution < -0.4 is 0 Å².